The van der Waals surface area contributed by atoms with Crippen LogP contribution in [-0.2, 0) is 10.0 Å². The Hall–Kier alpha value is -1.56. The highest BCUT2D eigenvalue weighted by Crippen LogP contribution is 2.20. The molecule has 0 spiro atoms. The maximum Gasteiger partial charge on any atom is 0.253 e. The van der Waals surface area contributed by atoms with Gasteiger partial charge in [-0.05, 0) is 49.3 Å². The van der Waals surface area contributed by atoms with E-state index in [2.05, 4.69) is 32.4 Å². The molecule has 25 heavy (non-hydrogen) atoms. The summed E-state index contributed by atoms with van der Waals surface area (Å²) in [7, 11) is -3.38. The zero-order valence-corrected chi connectivity index (χ0v) is 17.1. The van der Waals surface area contributed by atoms with Gasteiger partial charge >= 0.3 is 0 Å². The first-order valence-electron chi connectivity index (χ1n) is 8.87. The fourth-order valence-electron chi connectivity index (χ4n) is 2.39. The van der Waals surface area contributed by atoms with Gasteiger partial charge in [-0.1, -0.05) is 33.8 Å². The zero-order valence-electron chi connectivity index (χ0n) is 16.3. The van der Waals surface area contributed by atoms with Gasteiger partial charge in [-0.15, -0.1) is 0 Å². The molecule has 1 aromatic rings. The number of aryl methyl sites for hydroxylation is 1. The van der Waals surface area contributed by atoms with Gasteiger partial charge in [0, 0.05) is 18.7 Å². The average Bonchev–Trinajstić information content (AvgIpc) is 2.47. The summed E-state index contributed by atoms with van der Waals surface area (Å²) >= 11 is 0. The van der Waals surface area contributed by atoms with Crippen molar-refractivity contribution in [2.75, 3.05) is 24.1 Å². The fourth-order valence-corrected chi connectivity index (χ4v) is 3.01. The van der Waals surface area contributed by atoms with Crippen LogP contribution in [0.4, 0.5) is 5.69 Å². The summed E-state index contributed by atoms with van der Waals surface area (Å²) < 4.78 is 25.5. The molecule has 0 aromatic heterocycles. The van der Waals surface area contributed by atoms with Gasteiger partial charge < -0.3 is 4.90 Å². The van der Waals surface area contributed by atoms with Crippen LogP contribution in [0.3, 0.4) is 0 Å². The van der Waals surface area contributed by atoms with Gasteiger partial charge in [0.1, 0.15) is 0 Å². The summed E-state index contributed by atoms with van der Waals surface area (Å²) in [5, 5.41) is 0. The lowest BCUT2D eigenvalue weighted by Gasteiger charge is -2.25. The highest BCUT2D eigenvalue weighted by molar-refractivity contribution is 7.92. The molecular weight excluding hydrogens is 336 g/mol. The van der Waals surface area contributed by atoms with Crippen LogP contribution in [0.5, 0.6) is 0 Å². The topological polar surface area (TPSA) is 66.5 Å². The molecule has 6 heteroatoms. The minimum absolute atomic E-state index is 0.0437. The molecule has 0 saturated heterocycles. The molecular formula is C19H32N2O3S. The molecule has 0 aliphatic rings. The Kier molecular flexibility index (Phi) is 7.93. The smallest absolute Gasteiger partial charge is 0.253 e. The lowest BCUT2D eigenvalue weighted by atomic mass is 10.1. The van der Waals surface area contributed by atoms with Crippen molar-refractivity contribution in [1.29, 1.82) is 0 Å². The van der Waals surface area contributed by atoms with E-state index < -0.39 is 10.0 Å². The van der Waals surface area contributed by atoms with Crippen molar-refractivity contribution in [3.63, 3.8) is 0 Å². The number of benzene rings is 1. The number of anilines is 1. The molecule has 0 aliphatic heterocycles. The fraction of sp³-hybridized carbons (Fsp3) is 0.632. The number of carbonyl (C=O) groups is 1. The molecule has 1 aromatic carbocycles. The Bertz CT molecular complexity index is 670. The van der Waals surface area contributed by atoms with Crippen molar-refractivity contribution in [1.82, 2.24) is 4.90 Å². The minimum atomic E-state index is -3.38. The van der Waals surface area contributed by atoms with Crippen molar-refractivity contribution in [3.8, 4) is 0 Å². The van der Waals surface area contributed by atoms with E-state index in [1.165, 1.54) is 0 Å². The summed E-state index contributed by atoms with van der Waals surface area (Å²) in [6.45, 7) is 11.8. The number of amides is 1. The molecule has 0 radical (unpaired) electrons. The van der Waals surface area contributed by atoms with E-state index in [0.29, 0.717) is 36.2 Å². The van der Waals surface area contributed by atoms with Crippen molar-refractivity contribution in [2.24, 2.45) is 11.8 Å². The van der Waals surface area contributed by atoms with Crippen molar-refractivity contribution in [2.45, 2.75) is 47.5 Å². The van der Waals surface area contributed by atoms with E-state index in [4.69, 9.17) is 0 Å². The first-order chi connectivity index (χ1) is 11.5. The number of hydrogen-bond donors (Lipinski definition) is 1. The van der Waals surface area contributed by atoms with Gasteiger partial charge in [0.2, 0.25) is 10.0 Å². The lowest BCUT2D eigenvalue weighted by Crippen LogP contribution is -2.34. The van der Waals surface area contributed by atoms with Gasteiger partial charge in [-0.2, -0.15) is 0 Å². The quantitative estimate of drug-likeness (QED) is 0.719. The predicted octanol–water partition coefficient (Wildman–Crippen LogP) is 3.90. The molecule has 1 rings (SSSR count). The summed E-state index contributed by atoms with van der Waals surface area (Å²) in [5.41, 5.74) is 1.77. The number of nitrogens with one attached hydrogen (secondary N) is 1. The summed E-state index contributed by atoms with van der Waals surface area (Å²) in [4.78, 5) is 14.8. The zero-order chi connectivity index (χ0) is 19.2. The molecule has 0 aliphatic carbocycles. The van der Waals surface area contributed by atoms with Gasteiger partial charge in [0.05, 0.1) is 11.9 Å². The molecule has 1 amide bonds. The summed E-state index contributed by atoms with van der Waals surface area (Å²) in [5.74, 6) is 1.00. The molecule has 0 heterocycles. The maximum absolute atomic E-state index is 12.9. The first-order valence-corrected chi connectivity index (χ1v) is 10.8. The third-order valence-corrected chi connectivity index (χ3v) is 4.61. The highest BCUT2D eigenvalue weighted by Gasteiger charge is 2.18. The monoisotopic (exact) mass is 368 g/mol. The molecule has 0 fully saturated rings. The Labute approximate surface area is 152 Å². The molecule has 142 valence electrons. The number of carbonyl (C=O) groups excluding carboxylic acids is 1. The second-order valence-corrected chi connectivity index (χ2v) is 9.31. The Morgan fingerprint density at radius 2 is 1.60 bits per heavy atom. The van der Waals surface area contributed by atoms with Crippen LogP contribution >= 0.6 is 0 Å². The number of nitrogens with zero attached hydrogens (tertiary/aromatic N) is 1. The molecule has 1 N–H and O–H groups in total. The van der Waals surface area contributed by atoms with Gasteiger partial charge in [-0.3, -0.25) is 9.52 Å². The van der Waals surface area contributed by atoms with Crippen LogP contribution in [0, 0.1) is 18.8 Å². The average molecular weight is 369 g/mol. The van der Waals surface area contributed by atoms with Gasteiger partial charge in [-0.25, -0.2) is 8.42 Å². The molecule has 5 nitrogen and oxygen atoms in total. The number of rotatable bonds is 9. The third kappa shape index (κ3) is 7.90. The van der Waals surface area contributed by atoms with E-state index >= 15 is 0 Å². The van der Waals surface area contributed by atoms with E-state index in [9.17, 15) is 13.2 Å². The summed E-state index contributed by atoms with van der Waals surface area (Å²) in [6, 6.07) is 5.18. The second kappa shape index (κ2) is 9.22. The maximum atomic E-state index is 12.9. The van der Waals surface area contributed by atoms with Crippen LogP contribution in [0.25, 0.3) is 0 Å². The highest BCUT2D eigenvalue weighted by atomic mass is 32.2. The predicted molar refractivity (Wildman–Crippen MR) is 104 cm³/mol. The minimum Gasteiger partial charge on any atom is -0.339 e. The van der Waals surface area contributed by atoms with Crippen LogP contribution in [0.2, 0.25) is 0 Å². The first kappa shape index (κ1) is 21.5. The number of hydrogen-bond acceptors (Lipinski definition) is 3. The van der Waals surface area contributed by atoms with E-state index in [1.807, 2.05) is 11.8 Å². The molecule has 0 bridgehead atoms. The van der Waals surface area contributed by atoms with Gasteiger partial charge in [0.25, 0.3) is 5.91 Å². The Morgan fingerprint density at radius 3 is 2.04 bits per heavy atom. The van der Waals surface area contributed by atoms with Crippen LogP contribution < -0.4 is 4.72 Å². The van der Waals surface area contributed by atoms with Crippen LogP contribution in [0.15, 0.2) is 18.2 Å². The van der Waals surface area contributed by atoms with E-state index in [-0.39, 0.29) is 5.91 Å². The largest absolute Gasteiger partial charge is 0.339 e. The lowest BCUT2D eigenvalue weighted by molar-refractivity contribution is 0.0741. The van der Waals surface area contributed by atoms with E-state index in [0.717, 1.165) is 24.7 Å². The Balaban J connectivity index is 3.03. The third-order valence-electron chi connectivity index (χ3n) is 4.02. The summed E-state index contributed by atoms with van der Waals surface area (Å²) in [6.07, 6.45) is 3.01. The molecule has 0 saturated carbocycles. The SMILES string of the molecule is Cc1ccc(C(=O)N(CCC(C)C)CCC(C)C)cc1NS(C)(=O)=O. The molecule has 0 unspecified atom stereocenters. The van der Waals surface area contributed by atoms with Gasteiger partial charge in [0.15, 0.2) is 0 Å². The van der Waals surface area contributed by atoms with Crippen LogP contribution in [-0.4, -0.2) is 38.6 Å². The number of sulfonamides is 1. The normalized spacial score (nSPS) is 11.8. The Morgan fingerprint density at radius 1 is 1.08 bits per heavy atom. The molecule has 0 atom stereocenters. The standard InChI is InChI=1S/C19H32N2O3S/c1-14(2)9-11-21(12-10-15(3)4)19(22)17-8-7-16(5)18(13-17)20-25(6,23)24/h7-8,13-15,20H,9-12H2,1-6H3. The second-order valence-electron chi connectivity index (χ2n) is 7.56. The van der Waals surface area contributed by atoms with Crippen molar-refractivity contribution < 1.29 is 13.2 Å². The van der Waals surface area contributed by atoms with Crippen molar-refractivity contribution in [3.05, 3.63) is 29.3 Å². The van der Waals surface area contributed by atoms with Crippen molar-refractivity contribution >= 4 is 21.6 Å². The van der Waals surface area contributed by atoms with Crippen LogP contribution in [0.1, 0.15) is 56.5 Å². The van der Waals surface area contributed by atoms with E-state index in [1.54, 1.807) is 18.2 Å².